The lowest BCUT2D eigenvalue weighted by Crippen LogP contribution is -2.38. The van der Waals surface area contributed by atoms with Crippen LogP contribution < -0.4 is 22.1 Å². The second-order valence-corrected chi connectivity index (χ2v) is 7.50. The second kappa shape index (κ2) is 9.08. The third kappa shape index (κ3) is 4.68. The molecule has 2 atom stereocenters. The SMILES string of the molecule is CCCC[C@@H](Nc1nc(Nc2ccc3cnn(C)c3c2)c(C(N)=O)cc1F)[C@H](C)N. The normalized spacial score (nSPS) is 13.2. The molecule has 0 spiro atoms. The third-order valence-corrected chi connectivity index (χ3v) is 5.08. The Morgan fingerprint density at radius 3 is 2.73 bits per heavy atom. The van der Waals surface area contributed by atoms with Crippen molar-refractivity contribution in [1.82, 2.24) is 14.8 Å². The summed E-state index contributed by atoms with van der Waals surface area (Å²) in [4.78, 5) is 16.2. The van der Waals surface area contributed by atoms with Crippen molar-refractivity contribution in [3.05, 3.63) is 41.8 Å². The van der Waals surface area contributed by atoms with E-state index in [0.29, 0.717) is 5.69 Å². The summed E-state index contributed by atoms with van der Waals surface area (Å²) in [6.07, 6.45) is 4.50. The van der Waals surface area contributed by atoms with E-state index in [-0.39, 0.29) is 29.3 Å². The Morgan fingerprint density at radius 2 is 2.07 bits per heavy atom. The Balaban J connectivity index is 1.95. The predicted octanol–water partition coefficient (Wildman–Crippen LogP) is 3.27. The van der Waals surface area contributed by atoms with Gasteiger partial charge < -0.3 is 22.1 Å². The molecule has 0 aliphatic carbocycles. The molecule has 30 heavy (non-hydrogen) atoms. The molecule has 6 N–H and O–H groups in total. The average molecular weight is 414 g/mol. The molecule has 0 fully saturated rings. The maximum absolute atomic E-state index is 14.7. The zero-order valence-corrected chi connectivity index (χ0v) is 17.4. The molecule has 0 unspecified atom stereocenters. The molecule has 0 saturated heterocycles. The molecule has 0 radical (unpaired) electrons. The molecule has 3 aromatic rings. The molecule has 1 aromatic carbocycles. The van der Waals surface area contributed by atoms with Gasteiger partial charge in [0, 0.05) is 30.2 Å². The van der Waals surface area contributed by atoms with Gasteiger partial charge in [0.1, 0.15) is 5.82 Å². The Labute approximate surface area is 174 Å². The van der Waals surface area contributed by atoms with E-state index in [9.17, 15) is 9.18 Å². The van der Waals surface area contributed by atoms with Crippen molar-refractivity contribution in [3.8, 4) is 0 Å². The van der Waals surface area contributed by atoms with E-state index in [2.05, 4.69) is 27.6 Å². The van der Waals surface area contributed by atoms with Gasteiger partial charge in [0.25, 0.3) is 5.91 Å². The molecule has 9 heteroatoms. The lowest BCUT2D eigenvalue weighted by molar-refractivity contribution is 0.100. The molecule has 160 valence electrons. The number of benzene rings is 1. The van der Waals surface area contributed by atoms with E-state index in [1.807, 2.05) is 32.2 Å². The maximum Gasteiger partial charge on any atom is 0.252 e. The van der Waals surface area contributed by atoms with Crippen LogP contribution in [0.2, 0.25) is 0 Å². The molecule has 2 heterocycles. The van der Waals surface area contributed by atoms with E-state index < -0.39 is 11.7 Å². The molecule has 1 amide bonds. The van der Waals surface area contributed by atoms with Crippen LogP contribution >= 0.6 is 0 Å². The summed E-state index contributed by atoms with van der Waals surface area (Å²) in [6.45, 7) is 3.95. The van der Waals surface area contributed by atoms with Crippen molar-refractivity contribution in [3.63, 3.8) is 0 Å². The Hall–Kier alpha value is -3.20. The number of carbonyl (C=O) groups is 1. The number of hydrogen-bond acceptors (Lipinski definition) is 6. The highest BCUT2D eigenvalue weighted by atomic mass is 19.1. The first kappa shape index (κ1) is 21.5. The highest BCUT2D eigenvalue weighted by molar-refractivity contribution is 5.99. The van der Waals surface area contributed by atoms with Gasteiger partial charge >= 0.3 is 0 Å². The van der Waals surface area contributed by atoms with Gasteiger partial charge in [0.15, 0.2) is 11.6 Å². The Kier molecular flexibility index (Phi) is 6.51. The number of halogens is 1. The molecule has 0 saturated carbocycles. The van der Waals surface area contributed by atoms with E-state index in [4.69, 9.17) is 11.5 Å². The number of rotatable bonds is 9. The monoisotopic (exact) mass is 413 g/mol. The number of unbranched alkanes of at least 4 members (excludes halogenated alkanes) is 1. The van der Waals surface area contributed by atoms with Gasteiger partial charge in [-0.2, -0.15) is 5.10 Å². The molecule has 8 nitrogen and oxygen atoms in total. The van der Waals surface area contributed by atoms with Crippen LogP contribution in [-0.2, 0) is 7.05 Å². The smallest absolute Gasteiger partial charge is 0.252 e. The lowest BCUT2D eigenvalue weighted by Gasteiger charge is -2.23. The van der Waals surface area contributed by atoms with Crippen molar-refractivity contribution < 1.29 is 9.18 Å². The largest absolute Gasteiger partial charge is 0.365 e. The number of carbonyl (C=O) groups excluding carboxylic acids is 1. The van der Waals surface area contributed by atoms with Crippen LogP contribution in [0.4, 0.5) is 21.7 Å². The predicted molar refractivity (Wildman–Crippen MR) is 117 cm³/mol. The van der Waals surface area contributed by atoms with Crippen molar-refractivity contribution in [2.24, 2.45) is 18.5 Å². The summed E-state index contributed by atoms with van der Waals surface area (Å²) in [6, 6.07) is 6.35. The summed E-state index contributed by atoms with van der Waals surface area (Å²) in [5.74, 6) is -1.22. The molecular weight excluding hydrogens is 385 g/mol. The van der Waals surface area contributed by atoms with Crippen LogP contribution in [0.25, 0.3) is 10.9 Å². The quantitative estimate of drug-likeness (QED) is 0.427. The van der Waals surface area contributed by atoms with Crippen LogP contribution in [0.3, 0.4) is 0 Å². The first-order chi connectivity index (χ1) is 14.3. The van der Waals surface area contributed by atoms with Crippen molar-refractivity contribution in [2.75, 3.05) is 10.6 Å². The number of pyridine rings is 1. The number of aromatic nitrogens is 3. The minimum atomic E-state index is -0.771. The van der Waals surface area contributed by atoms with Gasteiger partial charge in [0.05, 0.1) is 17.3 Å². The van der Waals surface area contributed by atoms with E-state index in [0.717, 1.165) is 36.2 Å². The van der Waals surface area contributed by atoms with Gasteiger partial charge in [-0.3, -0.25) is 9.48 Å². The fourth-order valence-corrected chi connectivity index (χ4v) is 3.30. The number of amides is 1. The number of fused-ring (bicyclic) bond motifs is 1. The summed E-state index contributed by atoms with van der Waals surface area (Å²) in [5.41, 5.74) is 13.1. The average Bonchev–Trinajstić information content (AvgIpc) is 3.07. The van der Waals surface area contributed by atoms with E-state index in [1.54, 1.807) is 10.9 Å². The van der Waals surface area contributed by atoms with Crippen LogP contribution in [0.5, 0.6) is 0 Å². The summed E-state index contributed by atoms with van der Waals surface area (Å²) in [5, 5.41) is 11.4. The zero-order valence-electron chi connectivity index (χ0n) is 17.4. The standard InChI is InChI=1S/C21H28FN7O/c1-4-5-6-17(12(2)23)27-21-16(22)10-15(19(24)30)20(28-21)26-14-8-7-13-11-25-29(3)18(13)9-14/h7-12,17H,4-6,23H2,1-3H3,(H2,24,30)(H2,26,27,28)/t12-,17+/m0/s1. The van der Waals surface area contributed by atoms with Crippen molar-refractivity contribution in [2.45, 2.75) is 45.2 Å². The fraction of sp³-hybridized carbons (Fsp3) is 0.381. The van der Waals surface area contributed by atoms with Crippen LogP contribution in [-0.4, -0.2) is 32.8 Å². The number of nitrogens with two attached hydrogens (primary N) is 2. The minimum Gasteiger partial charge on any atom is -0.365 e. The summed E-state index contributed by atoms with van der Waals surface area (Å²) in [7, 11) is 1.84. The molecule has 0 aliphatic heterocycles. The Bertz CT molecular complexity index is 1050. The molecule has 3 rings (SSSR count). The van der Waals surface area contributed by atoms with E-state index in [1.165, 1.54) is 0 Å². The van der Waals surface area contributed by atoms with Gasteiger partial charge in [-0.25, -0.2) is 9.37 Å². The first-order valence-electron chi connectivity index (χ1n) is 10.0. The number of nitrogens with zero attached hydrogens (tertiary/aromatic N) is 3. The number of hydrogen-bond donors (Lipinski definition) is 4. The number of aryl methyl sites for hydroxylation is 1. The van der Waals surface area contributed by atoms with Crippen LogP contribution in [0, 0.1) is 5.82 Å². The highest BCUT2D eigenvalue weighted by Gasteiger charge is 2.20. The second-order valence-electron chi connectivity index (χ2n) is 7.50. The van der Waals surface area contributed by atoms with Crippen molar-refractivity contribution in [1.29, 1.82) is 0 Å². The summed E-state index contributed by atoms with van der Waals surface area (Å²) < 4.78 is 16.4. The van der Waals surface area contributed by atoms with Crippen LogP contribution in [0.1, 0.15) is 43.5 Å². The van der Waals surface area contributed by atoms with Gasteiger partial charge in [0.2, 0.25) is 0 Å². The maximum atomic E-state index is 14.7. The van der Waals surface area contributed by atoms with Crippen molar-refractivity contribution >= 4 is 34.1 Å². The third-order valence-electron chi connectivity index (χ3n) is 5.08. The zero-order chi connectivity index (χ0) is 21.8. The topological polar surface area (TPSA) is 124 Å². The first-order valence-corrected chi connectivity index (χ1v) is 10.0. The molecule has 0 aliphatic rings. The summed E-state index contributed by atoms with van der Waals surface area (Å²) >= 11 is 0. The fourth-order valence-electron chi connectivity index (χ4n) is 3.30. The molecular formula is C21H28FN7O. The minimum absolute atomic E-state index is 0.0301. The highest BCUT2D eigenvalue weighted by Crippen LogP contribution is 2.26. The number of primary amides is 1. The lowest BCUT2D eigenvalue weighted by atomic mass is 10.0. The van der Waals surface area contributed by atoms with Crippen LogP contribution in [0.15, 0.2) is 30.5 Å². The number of nitrogens with one attached hydrogen (secondary N) is 2. The number of anilines is 3. The van der Waals surface area contributed by atoms with Gasteiger partial charge in [-0.15, -0.1) is 0 Å². The van der Waals surface area contributed by atoms with E-state index >= 15 is 0 Å². The van der Waals surface area contributed by atoms with Gasteiger partial charge in [-0.1, -0.05) is 19.8 Å². The molecule has 0 bridgehead atoms. The Morgan fingerprint density at radius 1 is 1.30 bits per heavy atom. The molecule has 2 aromatic heterocycles. The van der Waals surface area contributed by atoms with Gasteiger partial charge in [-0.05, 0) is 37.6 Å².